The molecule has 0 atom stereocenters. The maximum Gasteiger partial charge on any atom is 0.269 e. The third-order valence-electron chi connectivity index (χ3n) is 7.56. The second-order valence-corrected chi connectivity index (χ2v) is 13.3. The molecular formula is C32H30N2OPY+. The zero-order valence-electron chi connectivity index (χ0n) is 21.3. The molecule has 1 amide bonds. The number of carbonyl (C=O) groups is 1. The van der Waals surface area contributed by atoms with Crippen LogP contribution in [0.5, 0.6) is 0 Å². The fourth-order valence-corrected chi connectivity index (χ4v) is 11.4. The molecule has 0 aromatic heterocycles. The number of amides is 1. The van der Waals surface area contributed by atoms with E-state index in [-0.39, 0.29) is 38.6 Å². The van der Waals surface area contributed by atoms with Crippen LogP contribution in [0.25, 0.3) is 4.85 Å². The Kier molecular flexibility index (Phi) is 8.45. The van der Waals surface area contributed by atoms with Crippen molar-refractivity contribution in [1.82, 2.24) is 0 Å². The Balaban J connectivity index is 0.00000320. The number of nitrogens with zero attached hydrogens (tertiary/aromatic N) is 1. The zero-order chi connectivity index (χ0) is 25.2. The molecule has 4 aromatic rings. The van der Waals surface area contributed by atoms with Crippen LogP contribution in [0.15, 0.2) is 103 Å². The number of anilines is 1. The molecule has 5 heteroatoms. The Bertz CT molecular complexity index is 1310. The van der Waals surface area contributed by atoms with Gasteiger partial charge >= 0.3 is 0 Å². The molecule has 1 aliphatic rings. The van der Waals surface area contributed by atoms with E-state index >= 15 is 0 Å². The van der Waals surface area contributed by atoms with Gasteiger partial charge in [0.05, 0.1) is 6.57 Å². The van der Waals surface area contributed by atoms with Gasteiger partial charge in [-0.1, -0.05) is 66.7 Å². The smallest absolute Gasteiger partial charge is 0.269 e. The molecular weight excluding hydrogens is 548 g/mol. The first-order valence-electron chi connectivity index (χ1n) is 12.4. The predicted molar refractivity (Wildman–Crippen MR) is 153 cm³/mol. The maximum absolute atomic E-state index is 14.6. The van der Waals surface area contributed by atoms with Gasteiger partial charge in [0, 0.05) is 38.4 Å². The van der Waals surface area contributed by atoms with Gasteiger partial charge in [-0.25, -0.2) is 4.85 Å². The summed E-state index contributed by atoms with van der Waals surface area (Å²) in [7, 11) is -2.39. The molecule has 1 N–H and O–H groups in total. The fourth-order valence-electron chi connectivity index (χ4n) is 5.80. The molecule has 0 spiro atoms. The Labute approximate surface area is 245 Å². The van der Waals surface area contributed by atoms with Crippen LogP contribution in [0.3, 0.4) is 0 Å². The van der Waals surface area contributed by atoms with E-state index < -0.39 is 12.4 Å². The van der Waals surface area contributed by atoms with Gasteiger partial charge in [0.25, 0.3) is 5.91 Å². The second-order valence-electron chi connectivity index (χ2n) is 9.58. The topological polar surface area (TPSA) is 33.5 Å². The fraction of sp³-hybridized carbons (Fsp3) is 0.188. The molecule has 0 unspecified atom stereocenters. The summed E-state index contributed by atoms with van der Waals surface area (Å²) in [6.45, 7) is 11.3. The first kappa shape index (κ1) is 27.4. The average Bonchev–Trinajstić information content (AvgIpc) is 2.89. The molecule has 1 saturated carbocycles. The number of rotatable bonds is 6. The van der Waals surface area contributed by atoms with Crippen LogP contribution in [-0.4, -0.2) is 11.1 Å². The van der Waals surface area contributed by atoms with Crippen LogP contribution in [0.2, 0.25) is 0 Å². The van der Waals surface area contributed by atoms with E-state index in [2.05, 4.69) is 83.0 Å². The number of nitrogens with one attached hydrogen (secondary N) is 1. The summed E-state index contributed by atoms with van der Waals surface area (Å²) in [4.78, 5) is 18.2. The van der Waals surface area contributed by atoms with E-state index in [0.717, 1.165) is 36.1 Å². The molecule has 1 aliphatic carbocycles. The monoisotopic (exact) mass is 578 g/mol. The summed E-state index contributed by atoms with van der Waals surface area (Å²) in [5, 5.41) is 6.50. The van der Waals surface area contributed by atoms with Crippen LogP contribution < -0.4 is 21.2 Å². The minimum absolute atomic E-state index is 0. The molecule has 37 heavy (non-hydrogen) atoms. The van der Waals surface area contributed by atoms with Crippen molar-refractivity contribution in [3.63, 3.8) is 0 Å². The van der Waals surface area contributed by atoms with Crippen molar-refractivity contribution in [2.24, 2.45) is 0 Å². The van der Waals surface area contributed by atoms with Gasteiger partial charge in [-0.3, -0.25) is 4.79 Å². The summed E-state index contributed by atoms with van der Waals surface area (Å²) in [6, 6.07) is 35.7. The third-order valence-corrected chi connectivity index (χ3v) is 12.7. The summed E-state index contributed by atoms with van der Waals surface area (Å²) < 4.78 is 0. The molecule has 1 radical (unpaired) electrons. The van der Waals surface area contributed by atoms with Gasteiger partial charge in [-0.2, -0.15) is 0 Å². The molecule has 181 valence electrons. The van der Waals surface area contributed by atoms with Crippen LogP contribution >= 0.6 is 7.26 Å². The summed E-state index contributed by atoms with van der Waals surface area (Å²) in [6.07, 6.45) is 2.70. The third kappa shape index (κ3) is 4.61. The Morgan fingerprint density at radius 3 is 1.51 bits per heavy atom. The molecule has 0 bridgehead atoms. The van der Waals surface area contributed by atoms with E-state index in [1.807, 2.05) is 44.2 Å². The Morgan fingerprint density at radius 1 is 0.784 bits per heavy atom. The van der Waals surface area contributed by atoms with E-state index in [0.29, 0.717) is 5.69 Å². The second kappa shape index (κ2) is 11.4. The van der Waals surface area contributed by atoms with E-state index in [4.69, 9.17) is 6.57 Å². The number of benzene rings is 4. The van der Waals surface area contributed by atoms with Crippen molar-refractivity contribution < 1.29 is 37.5 Å². The van der Waals surface area contributed by atoms with Crippen molar-refractivity contribution in [3.8, 4) is 0 Å². The summed E-state index contributed by atoms with van der Waals surface area (Å²) >= 11 is 0. The molecule has 5 rings (SSSR count). The molecule has 3 nitrogen and oxygen atoms in total. The normalized spacial score (nSPS) is 14.0. The molecule has 0 heterocycles. The Morgan fingerprint density at radius 2 is 1.19 bits per heavy atom. The van der Waals surface area contributed by atoms with E-state index in [1.165, 1.54) is 15.9 Å². The largest absolute Gasteiger partial charge is 0.322 e. The van der Waals surface area contributed by atoms with Gasteiger partial charge in [-0.05, 0) is 80.6 Å². The molecule has 0 saturated heterocycles. The van der Waals surface area contributed by atoms with Crippen molar-refractivity contribution >= 4 is 40.5 Å². The molecule has 1 fully saturated rings. The maximum atomic E-state index is 14.6. The molecule has 0 aliphatic heterocycles. The number of carbonyl (C=O) groups excluding carboxylic acids is 1. The van der Waals surface area contributed by atoms with Crippen LogP contribution in [0.1, 0.15) is 30.4 Å². The number of hydrogen-bond acceptors (Lipinski definition) is 1. The van der Waals surface area contributed by atoms with Crippen molar-refractivity contribution in [3.05, 3.63) is 126 Å². The van der Waals surface area contributed by atoms with Crippen molar-refractivity contribution in [1.29, 1.82) is 0 Å². The molecule has 4 aromatic carbocycles. The van der Waals surface area contributed by atoms with Crippen LogP contribution in [0, 0.1) is 20.4 Å². The van der Waals surface area contributed by atoms with Gasteiger partial charge in [0.2, 0.25) is 0 Å². The van der Waals surface area contributed by atoms with Gasteiger partial charge in [0.1, 0.15) is 23.2 Å². The van der Waals surface area contributed by atoms with Gasteiger partial charge < -0.3 is 5.32 Å². The van der Waals surface area contributed by atoms with Crippen LogP contribution in [0.4, 0.5) is 11.4 Å². The zero-order valence-corrected chi connectivity index (χ0v) is 25.0. The SMILES string of the molecule is [C-]#[N+]c1cc(C)c(NC(=O)C2([P+](c3ccccc3)(c3ccccc3)c3ccccc3)CCC2)c(C)c1.[Y]. The number of aryl methyl sites for hydroxylation is 2. The Hall–Kier alpha value is -2.63. The summed E-state index contributed by atoms with van der Waals surface area (Å²) in [5.74, 6) is 0.0837. The van der Waals surface area contributed by atoms with Crippen LogP contribution in [-0.2, 0) is 37.5 Å². The first-order chi connectivity index (χ1) is 17.5. The quantitative estimate of drug-likeness (QED) is 0.200. The first-order valence-corrected chi connectivity index (χ1v) is 14.2. The minimum atomic E-state index is -2.39. The van der Waals surface area contributed by atoms with Crippen molar-refractivity contribution in [2.45, 2.75) is 38.3 Å². The van der Waals surface area contributed by atoms with Crippen molar-refractivity contribution in [2.75, 3.05) is 5.32 Å². The standard InChI is InChI=1S/C32H29N2OP.Y/c1-24-22-26(33-3)23-25(2)30(24)34-31(35)32(20-13-21-32)36(27-14-7-4-8-15-27,28-16-9-5-10-17-28)29-18-11-6-12-19-29;/h4-12,14-19,22-23H,13,20-21H2,1-2H3;/p+1. The van der Waals surface area contributed by atoms with E-state index in [1.54, 1.807) is 0 Å². The van der Waals surface area contributed by atoms with Gasteiger partial charge in [0.15, 0.2) is 10.8 Å². The minimum Gasteiger partial charge on any atom is -0.322 e. The number of hydrogen-bond donors (Lipinski definition) is 1. The predicted octanol–water partition coefficient (Wildman–Crippen LogP) is 6.71. The van der Waals surface area contributed by atoms with Gasteiger partial charge in [-0.15, -0.1) is 0 Å². The summed E-state index contributed by atoms with van der Waals surface area (Å²) in [5.41, 5.74) is 3.27. The van der Waals surface area contributed by atoms with E-state index in [9.17, 15) is 4.79 Å². The average molecular weight is 578 g/mol.